The van der Waals surface area contributed by atoms with Crippen molar-refractivity contribution in [3.63, 3.8) is 0 Å². The van der Waals surface area contributed by atoms with Gasteiger partial charge in [0, 0.05) is 32.3 Å². The molecule has 27 heavy (non-hydrogen) atoms. The molecule has 3 fully saturated rings. The zero-order valence-corrected chi connectivity index (χ0v) is 16.4. The Morgan fingerprint density at radius 3 is 2.93 bits per heavy atom. The van der Waals surface area contributed by atoms with Crippen molar-refractivity contribution in [3.8, 4) is 0 Å². The maximum Gasteiger partial charge on any atom is 0.269 e. The van der Waals surface area contributed by atoms with Crippen LogP contribution in [0, 0.1) is 22.7 Å². The Labute approximate surface area is 160 Å². The summed E-state index contributed by atoms with van der Waals surface area (Å²) in [6.07, 6.45) is 5.85. The summed E-state index contributed by atoms with van der Waals surface area (Å²) < 4.78 is 6.15. The monoisotopic (exact) mass is 374 g/mol. The Kier molecular flexibility index (Phi) is 4.53. The molecule has 2 aliphatic carbocycles. The van der Waals surface area contributed by atoms with Crippen molar-refractivity contribution >= 4 is 11.8 Å². The van der Waals surface area contributed by atoms with Crippen LogP contribution in [0.15, 0.2) is 12.3 Å². The third kappa shape index (κ3) is 2.96. The molecule has 0 aromatic carbocycles. The molecule has 1 unspecified atom stereocenters. The third-order valence-electron chi connectivity index (χ3n) is 7.43. The van der Waals surface area contributed by atoms with Crippen LogP contribution in [0.4, 0.5) is 0 Å². The predicted octanol–water partition coefficient (Wildman–Crippen LogP) is 1.88. The van der Waals surface area contributed by atoms with Gasteiger partial charge in [0.05, 0.1) is 6.10 Å². The molecule has 0 radical (unpaired) electrons. The quantitative estimate of drug-likeness (QED) is 0.733. The molecule has 3 N–H and O–H groups in total. The first kappa shape index (κ1) is 18.5. The van der Waals surface area contributed by atoms with E-state index in [2.05, 4.69) is 34.7 Å². The molecule has 2 amide bonds. The second-order valence-corrected chi connectivity index (χ2v) is 9.11. The number of carbonyl (C=O) groups is 2. The highest BCUT2D eigenvalue weighted by molar-refractivity contribution is 5.92. The summed E-state index contributed by atoms with van der Waals surface area (Å²) in [5, 5.41) is 12.7. The lowest BCUT2D eigenvalue weighted by Crippen LogP contribution is -2.60. The van der Waals surface area contributed by atoms with E-state index in [-0.39, 0.29) is 34.8 Å². The third-order valence-corrected chi connectivity index (χ3v) is 7.43. The van der Waals surface area contributed by atoms with E-state index in [4.69, 9.17) is 4.74 Å². The minimum atomic E-state index is -0.136. The van der Waals surface area contributed by atoms with E-state index in [0.717, 1.165) is 25.9 Å². The van der Waals surface area contributed by atoms with Crippen LogP contribution in [-0.2, 0) is 9.53 Å². The summed E-state index contributed by atoms with van der Waals surface area (Å²) in [5.41, 5.74) is 0.734. The van der Waals surface area contributed by atoms with E-state index in [1.807, 2.05) is 0 Å². The Morgan fingerprint density at radius 1 is 1.41 bits per heavy atom. The molecule has 5 atom stereocenters. The molecule has 1 aliphatic heterocycles. The number of fused-ring (bicyclic) bond motifs is 1. The molecular formula is C20H30N4O3. The van der Waals surface area contributed by atoms with E-state index in [9.17, 15) is 9.59 Å². The van der Waals surface area contributed by atoms with Crippen molar-refractivity contribution in [1.29, 1.82) is 0 Å². The normalized spacial score (nSPS) is 36.3. The summed E-state index contributed by atoms with van der Waals surface area (Å²) in [6, 6.07) is 1.87. The summed E-state index contributed by atoms with van der Waals surface area (Å²) in [5.74, 6) is 0.986. The minimum absolute atomic E-state index is 0.0589. The number of nitrogens with zero attached hydrogens (tertiary/aromatic N) is 1. The largest absolute Gasteiger partial charge is 0.378 e. The lowest BCUT2D eigenvalue weighted by molar-refractivity contribution is -0.135. The van der Waals surface area contributed by atoms with Gasteiger partial charge in [-0.2, -0.15) is 5.10 Å². The molecular weight excluding hydrogens is 344 g/mol. The van der Waals surface area contributed by atoms with E-state index in [1.165, 1.54) is 6.42 Å². The fraction of sp³-hybridized carbons (Fsp3) is 0.750. The van der Waals surface area contributed by atoms with Gasteiger partial charge >= 0.3 is 0 Å². The van der Waals surface area contributed by atoms with Gasteiger partial charge in [0.15, 0.2) is 0 Å². The Morgan fingerprint density at radius 2 is 2.22 bits per heavy atom. The molecule has 7 nitrogen and oxygen atoms in total. The van der Waals surface area contributed by atoms with Crippen LogP contribution in [0.5, 0.6) is 0 Å². The van der Waals surface area contributed by atoms with Gasteiger partial charge in [-0.05, 0) is 54.4 Å². The van der Waals surface area contributed by atoms with Gasteiger partial charge in [0.25, 0.3) is 5.91 Å². The number of aromatic amines is 1. The van der Waals surface area contributed by atoms with Crippen molar-refractivity contribution in [3.05, 3.63) is 18.0 Å². The lowest BCUT2D eigenvalue weighted by Gasteiger charge is -2.53. The number of hydrogen-bond acceptors (Lipinski definition) is 4. The molecule has 2 bridgehead atoms. The van der Waals surface area contributed by atoms with E-state index < -0.39 is 0 Å². The number of ether oxygens (including phenoxy) is 1. The number of H-pyrrole nitrogens is 1. The zero-order valence-electron chi connectivity index (χ0n) is 16.4. The molecule has 1 aromatic heterocycles. The first-order chi connectivity index (χ1) is 12.8. The molecule has 2 heterocycles. The van der Waals surface area contributed by atoms with Gasteiger partial charge in [-0.15, -0.1) is 0 Å². The topological polar surface area (TPSA) is 96.1 Å². The summed E-state index contributed by atoms with van der Waals surface area (Å²) in [7, 11) is 0. The van der Waals surface area contributed by atoms with Crippen molar-refractivity contribution in [1.82, 2.24) is 20.8 Å². The molecule has 7 heteroatoms. The highest BCUT2D eigenvalue weighted by atomic mass is 16.5. The van der Waals surface area contributed by atoms with E-state index in [1.54, 1.807) is 19.2 Å². The number of rotatable bonds is 5. The van der Waals surface area contributed by atoms with Crippen molar-refractivity contribution in [2.45, 2.75) is 58.6 Å². The zero-order chi connectivity index (χ0) is 19.2. The van der Waals surface area contributed by atoms with Gasteiger partial charge in [-0.25, -0.2) is 0 Å². The Hall–Kier alpha value is -1.89. The molecule has 148 valence electrons. The van der Waals surface area contributed by atoms with Crippen LogP contribution >= 0.6 is 0 Å². The molecule has 3 aliphatic rings. The summed E-state index contributed by atoms with van der Waals surface area (Å²) >= 11 is 0. The Balaban J connectivity index is 1.43. The second kappa shape index (κ2) is 6.62. The minimum Gasteiger partial charge on any atom is -0.378 e. The van der Waals surface area contributed by atoms with Crippen LogP contribution < -0.4 is 10.6 Å². The number of nitrogens with one attached hydrogen (secondary N) is 3. The standard InChI is InChI=1S/C20H30N4O3/c1-12(25)23-18-19(2,3)13-10-14-16(27-9-6-20(14,18)11-13)5-7-21-17(26)15-4-8-22-24-15/h4,8,13-14,16,18H,5-7,9-11H2,1-3H3,(H,21,26)(H,22,24)(H,23,25)/t13-,14-,16-,18+,20?/m1/s1. The number of carbonyl (C=O) groups excluding carboxylic acids is 2. The lowest BCUT2D eigenvalue weighted by atomic mass is 9.59. The van der Waals surface area contributed by atoms with Gasteiger partial charge in [-0.1, -0.05) is 13.8 Å². The van der Waals surface area contributed by atoms with Crippen molar-refractivity contribution in [2.75, 3.05) is 13.2 Å². The van der Waals surface area contributed by atoms with E-state index >= 15 is 0 Å². The maximum atomic E-state index is 12.1. The average molecular weight is 374 g/mol. The van der Waals surface area contributed by atoms with Crippen molar-refractivity contribution < 1.29 is 14.3 Å². The SMILES string of the molecule is CC(=O)N[C@H]1C(C)(C)[C@@H]2C[C@@H]3[C@@H](CCNC(=O)c4ccn[nH]4)OCCC31C2. The smallest absolute Gasteiger partial charge is 0.269 e. The van der Waals surface area contributed by atoms with Crippen molar-refractivity contribution in [2.24, 2.45) is 22.7 Å². The Bertz CT molecular complexity index is 717. The second-order valence-electron chi connectivity index (χ2n) is 9.11. The highest BCUT2D eigenvalue weighted by Gasteiger charge is 2.68. The van der Waals surface area contributed by atoms with Crippen LogP contribution in [0.1, 0.15) is 56.9 Å². The molecule has 1 saturated heterocycles. The predicted molar refractivity (Wildman–Crippen MR) is 99.9 cm³/mol. The summed E-state index contributed by atoms with van der Waals surface area (Å²) in [6.45, 7) is 7.54. The number of hydrogen-bond donors (Lipinski definition) is 3. The molecule has 2 saturated carbocycles. The van der Waals surface area contributed by atoms with Gasteiger partial charge in [-0.3, -0.25) is 14.7 Å². The fourth-order valence-corrected chi connectivity index (χ4v) is 6.20. The summed E-state index contributed by atoms with van der Waals surface area (Å²) in [4.78, 5) is 24.0. The highest BCUT2D eigenvalue weighted by Crippen LogP contribution is 2.68. The van der Waals surface area contributed by atoms with Crippen LogP contribution in [0.3, 0.4) is 0 Å². The molecule has 4 rings (SSSR count). The first-order valence-electron chi connectivity index (χ1n) is 10.0. The number of aromatic nitrogens is 2. The van der Waals surface area contributed by atoms with Crippen LogP contribution in [0.25, 0.3) is 0 Å². The molecule has 1 aromatic rings. The maximum absolute atomic E-state index is 12.1. The van der Waals surface area contributed by atoms with Gasteiger partial charge < -0.3 is 15.4 Å². The average Bonchev–Trinajstić information content (AvgIpc) is 3.30. The van der Waals surface area contributed by atoms with E-state index in [0.29, 0.717) is 24.1 Å². The van der Waals surface area contributed by atoms with Gasteiger partial charge in [0.2, 0.25) is 5.91 Å². The number of amides is 2. The van der Waals surface area contributed by atoms with Crippen LogP contribution in [-0.4, -0.2) is 47.3 Å². The molecule has 1 spiro atoms. The fourth-order valence-electron chi connectivity index (χ4n) is 6.20. The first-order valence-corrected chi connectivity index (χ1v) is 10.0. The van der Waals surface area contributed by atoms with Gasteiger partial charge in [0.1, 0.15) is 5.69 Å². The van der Waals surface area contributed by atoms with Crippen LogP contribution in [0.2, 0.25) is 0 Å².